The number of carbonyl (C=O) groups excluding carboxylic acids is 2. The molecule has 0 saturated heterocycles. The molecule has 0 aliphatic rings. The fraction of sp³-hybridized carbons (Fsp3) is 0.409. The molecule has 2 heterocycles. The van der Waals surface area contributed by atoms with Gasteiger partial charge in [0.1, 0.15) is 11.6 Å². The van der Waals surface area contributed by atoms with E-state index in [1.54, 1.807) is 31.6 Å². The van der Waals surface area contributed by atoms with Gasteiger partial charge in [0.25, 0.3) is 0 Å². The van der Waals surface area contributed by atoms with Gasteiger partial charge < -0.3 is 19.9 Å². The second-order valence-electron chi connectivity index (χ2n) is 8.25. The number of hydrogen-bond acceptors (Lipinski definition) is 4. The molecule has 2 N–H and O–H groups in total. The van der Waals surface area contributed by atoms with Crippen molar-refractivity contribution in [2.75, 3.05) is 6.54 Å². The van der Waals surface area contributed by atoms with Gasteiger partial charge in [-0.25, -0.2) is 4.79 Å². The first kappa shape index (κ1) is 21.4. The van der Waals surface area contributed by atoms with Crippen molar-refractivity contribution in [3.63, 3.8) is 0 Å². The minimum atomic E-state index is -0.761. The van der Waals surface area contributed by atoms with Gasteiger partial charge >= 0.3 is 6.09 Å². The molecule has 0 unspecified atom stereocenters. The van der Waals surface area contributed by atoms with E-state index in [-0.39, 0.29) is 5.91 Å². The maximum atomic E-state index is 12.9. The Labute approximate surface area is 176 Å². The number of hydrogen-bond donors (Lipinski definition) is 2. The number of benzene rings is 1. The van der Waals surface area contributed by atoms with Gasteiger partial charge in [-0.1, -0.05) is 18.2 Å². The van der Waals surface area contributed by atoms with E-state index in [2.05, 4.69) is 15.7 Å². The molecular weight excluding hydrogens is 382 g/mol. The minimum absolute atomic E-state index is 0.263. The molecule has 0 radical (unpaired) electrons. The highest BCUT2D eigenvalue weighted by molar-refractivity contribution is 5.88. The SMILES string of the molecule is Cn1cc(C[C@H](NC(=O)OC(C)(C)C)C(=O)NCCn2cccn2)c2ccccc21. The minimum Gasteiger partial charge on any atom is -0.444 e. The molecule has 30 heavy (non-hydrogen) atoms. The highest BCUT2D eigenvalue weighted by atomic mass is 16.6. The van der Waals surface area contributed by atoms with Crippen LogP contribution in [-0.4, -0.2) is 44.5 Å². The van der Waals surface area contributed by atoms with E-state index >= 15 is 0 Å². The third kappa shape index (κ3) is 5.62. The number of aryl methyl sites for hydroxylation is 1. The fourth-order valence-corrected chi connectivity index (χ4v) is 3.32. The maximum Gasteiger partial charge on any atom is 0.408 e. The monoisotopic (exact) mass is 411 g/mol. The summed E-state index contributed by atoms with van der Waals surface area (Å²) in [5.74, 6) is -0.263. The van der Waals surface area contributed by atoms with Crippen LogP contribution >= 0.6 is 0 Å². The largest absolute Gasteiger partial charge is 0.444 e. The van der Waals surface area contributed by atoms with Gasteiger partial charge in [0.15, 0.2) is 0 Å². The molecular formula is C22H29N5O3. The van der Waals surface area contributed by atoms with Crippen LogP contribution in [-0.2, 0) is 29.5 Å². The number of aromatic nitrogens is 3. The molecule has 0 saturated carbocycles. The topological polar surface area (TPSA) is 90.2 Å². The van der Waals surface area contributed by atoms with Crippen LogP contribution in [0.15, 0.2) is 48.9 Å². The van der Waals surface area contributed by atoms with Gasteiger partial charge in [0.05, 0.1) is 6.54 Å². The highest BCUT2D eigenvalue weighted by Crippen LogP contribution is 2.21. The quantitative estimate of drug-likeness (QED) is 0.625. The summed E-state index contributed by atoms with van der Waals surface area (Å²) >= 11 is 0. The van der Waals surface area contributed by atoms with E-state index in [1.165, 1.54) is 0 Å². The second-order valence-corrected chi connectivity index (χ2v) is 8.25. The lowest BCUT2D eigenvalue weighted by Crippen LogP contribution is -2.49. The van der Waals surface area contributed by atoms with Crippen LogP contribution in [0, 0.1) is 0 Å². The summed E-state index contributed by atoms with van der Waals surface area (Å²) in [5.41, 5.74) is 1.41. The molecule has 3 aromatic rings. The Morgan fingerprint density at radius 3 is 2.67 bits per heavy atom. The van der Waals surface area contributed by atoms with E-state index in [0.717, 1.165) is 16.5 Å². The van der Waals surface area contributed by atoms with Gasteiger partial charge in [-0.15, -0.1) is 0 Å². The molecule has 8 nitrogen and oxygen atoms in total. The molecule has 0 aliphatic heterocycles. The number of ether oxygens (including phenoxy) is 1. The van der Waals surface area contributed by atoms with Gasteiger partial charge in [-0.3, -0.25) is 9.48 Å². The van der Waals surface area contributed by atoms with Crippen molar-refractivity contribution in [1.82, 2.24) is 25.0 Å². The molecule has 0 bridgehead atoms. The van der Waals surface area contributed by atoms with E-state index in [0.29, 0.717) is 19.5 Å². The van der Waals surface area contributed by atoms with E-state index < -0.39 is 17.7 Å². The molecule has 160 valence electrons. The smallest absolute Gasteiger partial charge is 0.408 e. The summed E-state index contributed by atoms with van der Waals surface area (Å²) in [5, 5.41) is 10.8. The zero-order chi connectivity index (χ0) is 21.7. The van der Waals surface area contributed by atoms with E-state index in [1.807, 2.05) is 54.3 Å². The fourth-order valence-electron chi connectivity index (χ4n) is 3.32. The number of para-hydroxylation sites is 1. The molecule has 0 spiro atoms. The third-order valence-electron chi connectivity index (χ3n) is 4.61. The average Bonchev–Trinajstić information content (AvgIpc) is 3.28. The predicted molar refractivity (Wildman–Crippen MR) is 115 cm³/mol. The lowest BCUT2D eigenvalue weighted by Gasteiger charge is -2.23. The lowest BCUT2D eigenvalue weighted by atomic mass is 10.0. The standard InChI is InChI=1S/C22H29N5O3/c1-22(2,3)30-21(29)25-18(20(28)23-11-13-27-12-7-10-24-27)14-16-15-26(4)19-9-6-5-8-17(16)19/h5-10,12,15,18H,11,13-14H2,1-4H3,(H,23,28)(H,25,29)/t18-/m0/s1. The highest BCUT2D eigenvalue weighted by Gasteiger charge is 2.25. The van der Waals surface area contributed by atoms with Crippen molar-refractivity contribution in [1.29, 1.82) is 0 Å². The summed E-state index contributed by atoms with van der Waals surface area (Å²) < 4.78 is 9.12. The number of alkyl carbamates (subject to hydrolysis) is 1. The number of nitrogens with zero attached hydrogens (tertiary/aromatic N) is 3. The number of amides is 2. The van der Waals surface area contributed by atoms with E-state index in [9.17, 15) is 9.59 Å². The van der Waals surface area contributed by atoms with E-state index in [4.69, 9.17) is 4.74 Å². The Balaban J connectivity index is 1.73. The Morgan fingerprint density at radius 1 is 1.20 bits per heavy atom. The summed E-state index contributed by atoms with van der Waals surface area (Å²) in [6, 6.07) is 9.05. The summed E-state index contributed by atoms with van der Waals surface area (Å²) in [7, 11) is 1.96. The summed E-state index contributed by atoms with van der Waals surface area (Å²) in [6.07, 6.45) is 5.25. The predicted octanol–water partition coefficient (Wildman–Crippen LogP) is 2.63. The Kier molecular flexibility index (Phi) is 6.44. The molecule has 1 atom stereocenters. The third-order valence-corrected chi connectivity index (χ3v) is 4.61. The van der Waals surface area contributed by atoms with Crippen molar-refractivity contribution >= 4 is 22.9 Å². The van der Waals surface area contributed by atoms with Crippen LogP contribution in [0.5, 0.6) is 0 Å². The first-order chi connectivity index (χ1) is 14.2. The van der Waals surface area contributed by atoms with Gasteiger partial charge in [0, 0.05) is 49.5 Å². The molecule has 2 aromatic heterocycles. The maximum absolute atomic E-state index is 12.9. The summed E-state index contributed by atoms with van der Waals surface area (Å²) in [4.78, 5) is 25.3. The molecule has 0 fully saturated rings. The Morgan fingerprint density at radius 2 is 1.97 bits per heavy atom. The first-order valence-corrected chi connectivity index (χ1v) is 10.0. The first-order valence-electron chi connectivity index (χ1n) is 10.0. The number of nitrogens with one attached hydrogen (secondary N) is 2. The molecule has 8 heteroatoms. The van der Waals surface area contributed by atoms with Crippen LogP contribution < -0.4 is 10.6 Å². The van der Waals surface area contributed by atoms with Gasteiger partial charge in [-0.2, -0.15) is 5.10 Å². The van der Waals surface area contributed by atoms with Crippen molar-refractivity contribution < 1.29 is 14.3 Å². The van der Waals surface area contributed by atoms with Crippen LogP contribution in [0.4, 0.5) is 4.79 Å². The van der Waals surface area contributed by atoms with Crippen molar-refractivity contribution in [3.05, 3.63) is 54.5 Å². The van der Waals surface area contributed by atoms with Gasteiger partial charge in [-0.05, 0) is 38.5 Å². The van der Waals surface area contributed by atoms with Crippen molar-refractivity contribution in [2.45, 2.75) is 45.4 Å². The van der Waals surface area contributed by atoms with Gasteiger partial charge in [0.2, 0.25) is 5.91 Å². The number of carbonyl (C=O) groups is 2. The van der Waals surface area contributed by atoms with Crippen molar-refractivity contribution in [3.8, 4) is 0 Å². The van der Waals surface area contributed by atoms with Crippen LogP contribution in [0.2, 0.25) is 0 Å². The normalized spacial score (nSPS) is 12.5. The molecule has 3 rings (SSSR count). The average molecular weight is 412 g/mol. The molecule has 1 aromatic carbocycles. The Bertz CT molecular complexity index is 1000. The number of rotatable bonds is 7. The second kappa shape index (κ2) is 9.02. The number of fused-ring (bicyclic) bond motifs is 1. The molecule has 2 amide bonds. The van der Waals surface area contributed by atoms with Crippen LogP contribution in [0.25, 0.3) is 10.9 Å². The Hall–Kier alpha value is -3.29. The zero-order valence-corrected chi connectivity index (χ0v) is 17.9. The van der Waals surface area contributed by atoms with Crippen LogP contribution in [0.3, 0.4) is 0 Å². The van der Waals surface area contributed by atoms with Crippen LogP contribution in [0.1, 0.15) is 26.3 Å². The lowest BCUT2D eigenvalue weighted by molar-refractivity contribution is -0.123. The summed E-state index contributed by atoms with van der Waals surface area (Å²) in [6.45, 7) is 6.32. The van der Waals surface area contributed by atoms with Crippen molar-refractivity contribution in [2.24, 2.45) is 7.05 Å². The zero-order valence-electron chi connectivity index (χ0n) is 17.9. The molecule has 0 aliphatic carbocycles.